The van der Waals surface area contributed by atoms with Crippen LogP contribution in [0.15, 0.2) is 53.1 Å². The van der Waals surface area contributed by atoms with Gasteiger partial charge in [-0.05, 0) is 47.6 Å². The maximum absolute atomic E-state index is 6.12. The lowest BCUT2D eigenvalue weighted by Gasteiger charge is -2.37. The number of aromatic nitrogens is 1. The number of hydrogen-bond acceptors (Lipinski definition) is 5. The Kier molecular flexibility index (Phi) is 4.67. The highest BCUT2D eigenvalue weighted by Crippen LogP contribution is 2.44. The Labute approximate surface area is 165 Å². The van der Waals surface area contributed by atoms with E-state index in [4.69, 9.17) is 15.0 Å². The Morgan fingerprint density at radius 3 is 2.71 bits per heavy atom. The van der Waals surface area contributed by atoms with Crippen molar-refractivity contribution >= 4 is 10.8 Å². The van der Waals surface area contributed by atoms with Crippen LogP contribution in [0.5, 0.6) is 0 Å². The molecule has 1 unspecified atom stereocenters. The van der Waals surface area contributed by atoms with E-state index in [2.05, 4.69) is 58.6 Å². The summed E-state index contributed by atoms with van der Waals surface area (Å²) in [6.45, 7) is 5.40. The molecule has 3 heterocycles. The second kappa shape index (κ2) is 7.32. The average molecular weight is 377 g/mol. The predicted octanol–water partition coefficient (Wildman–Crippen LogP) is 3.68. The van der Waals surface area contributed by atoms with Gasteiger partial charge in [-0.1, -0.05) is 41.6 Å². The summed E-state index contributed by atoms with van der Waals surface area (Å²) < 4.78 is 11.3. The van der Waals surface area contributed by atoms with E-state index in [1.165, 1.54) is 10.8 Å². The van der Waals surface area contributed by atoms with E-state index in [0.29, 0.717) is 11.3 Å². The first-order valence-corrected chi connectivity index (χ1v) is 10.2. The van der Waals surface area contributed by atoms with E-state index in [9.17, 15) is 0 Å². The molecule has 0 saturated carbocycles. The monoisotopic (exact) mass is 377 g/mol. The van der Waals surface area contributed by atoms with Gasteiger partial charge in [-0.15, -0.1) is 0 Å². The van der Waals surface area contributed by atoms with Crippen molar-refractivity contribution in [1.29, 1.82) is 0 Å². The maximum atomic E-state index is 6.12. The molecule has 2 N–H and O–H groups in total. The molecule has 3 aromatic rings. The van der Waals surface area contributed by atoms with Crippen molar-refractivity contribution in [2.75, 3.05) is 32.8 Å². The molecular weight excluding hydrogens is 350 g/mol. The quantitative estimate of drug-likeness (QED) is 0.751. The van der Waals surface area contributed by atoms with Gasteiger partial charge in [-0.25, -0.2) is 0 Å². The third-order valence-corrected chi connectivity index (χ3v) is 6.63. The number of benzene rings is 2. The van der Waals surface area contributed by atoms with Gasteiger partial charge < -0.3 is 15.0 Å². The number of rotatable bonds is 4. The second-order valence-corrected chi connectivity index (χ2v) is 8.32. The van der Waals surface area contributed by atoms with Crippen LogP contribution in [0.1, 0.15) is 18.5 Å². The molecule has 2 aliphatic rings. The zero-order valence-electron chi connectivity index (χ0n) is 16.1. The minimum atomic E-state index is 0.317. The summed E-state index contributed by atoms with van der Waals surface area (Å²) in [5.41, 5.74) is 8.49. The first kappa shape index (κ1) is 17.9. The van der Waals surface area contributed by atoms with E-state index in [1.54, 1.807) is 0 Å². The number of likely N-dealkylation sites (tertiary alicyclic amines) is 1. The number of ether oxygens (including phenoxy) is 1. The molecule has 28 heavy (non-hydrogen) atoms. The van der Waals surface area contributed by atoms with Crippen LogP contribution in [0.3, 0.4) is 0 Å². The normalized spacial score (nSPS) is 22.2. The van der Waals surface area contributed by atoms with E-state index < -0.39 is 0 Å². The molecule has 1 atom stereocenters. The molecule has 5 heteroatoms. The first-order chi connectivity index (χ1) is 13.8. The van der Waals surface area contributed by atoms with Crippen LogP contribution < -0.4 is 5.73 Å². The molecule has 0 amide bonds. The van der Waals surface area contributed by atoms with Gasteiger partial charge in [-0.2, -0.15) is 0 Å². The molecule has 0 bridgehead atoms. The summed E-state index contributed by atoms with van der Waals surface area (Å²) >= 11 is 0. The van der Waals surface area contributed by atoms with Gasteiger partial charge in [0.25, 0.3) is 0 Å². The maximum Gasteiger partial charge on any atom is 0.167 e. The Bertz CT molecular complexity index is 961. The lowest BCUT2D eigenvalue weighted by atomic mass is 9.72. The molecule has 2 aliphatic heterocycles. The van der Waals surface area contributed by atoms with Crippen molar-refractivity contribution in [3.8, 4) is 11.3 Å². The molecule has 2 saturated heterocycles. The summed E-state index contributed by atoms with van der Waals surface area (Å²) in [4.78, 5) is 2.49. The van der Waals surface area contributed by atoms with Gasteiger partial charge in [-0.3, -0.25) is 4.90 Å². The molecule has 5 rings (SSSR count). The summed E-state index contributed by atoms with van der Waals surface area (Å²) in [6.07, 6.45) is 2.24. The van der Waals surface area contributed by atoms with Gasteiger partial charge in [0, 0.05) is 44.5 Å². The van der Waals surface area contributed by atoms with Crippen molar-refractivity contribution in [3.63, 3.8) is 0 Å². The van der Waals surface area contributed by atoms with Crippen molar-refractivity contribution in [2.24, 2.45) is 17.1 Å². The highest BCUT2D eigenvalue weighted by atomic mass is 16.5. The zero-order valence-corrected chi connectivity index (χ0v) is 16.1. The highest BCUT2D eigenvalue weighted by molar-refractivity contribution is 5.86. The van der Waals surface area contributed by atoms with Gasteiger partial charge in [0.05, 0.1) is 5.69 Å². The third-order valence-electron chi connectivity index (χ3n) is 6.63. The van der Waals surface area contributed by atoms with Crippen LogP contribution in [-0.4, -0.2) is 42.9 Å². The molecule has 5 nitrogen and oxygen atoms in total. The Hall–Kier alpha value is -2.21. The van der Waals surface area contributed by atoms with E-state index >= 15 is 0 Å². The average Bonchev–Trinajstić information content (AvgIpc) is 3.33. The zero-order chi connectivity index (χ0) is 19.0. The first-order valence-electron chi connectivity index (χ1n) is 10.2. The van der Waals surface area contributed by atoms with E-state index in [1.807, 2.05) is 0 Å². The molecule has 1 spiro atoms. The molecule has 2 aromatic carbocycles. The molecule has 1 aromatic heterocycles. The lowest BCUT2D eigenvalue weighted by Crippen LogP contribution is -2.39. The van der Waals surface area contributed by atoms with Gasteiger partial charge in [0.15, 0.2) is 5.76 Å². The lowest BCUT2D eigenvalue weighted by molar-refractivity contribution is 0.000977. The molecule has 0 radical (unpaired) electrons. The smallest absolute Gasteiger partial charge is 0.167 e. The van der Waals surface area contributed by atoms with Crippen LogP contribution in [0.2, 0.25) is 0 Å². The Balaban J connectivity index is 1.32. The van der Waals surface area contributed by atoms with E-state index in [0.717, 1.165) is 69.3 Å². The molecule has 2 fully saturated rings. The van der Waals surface area contributed by atoms with Crippen LogP contribution in [0.25, 0.3) is 22.1 Å². The number of fused-ring (bicyclic) bond motifs is 1. The van der Waals surface area contributed by atoms with Crippen molar-refractivity contribution in [1.82, 2.24) is 10.1 Å². The van der Waals surface area contributed by atoms with Crippen molar-refractivity contribution < 1.29 is 9.26 Å². The number of hydrogen-bond donors (Lipinski definition) is 1. The molecular formula is C23H27N3O2. The highest BCUT2D eigenvalue weighted by Gasteiger charge is 2.46. The summed E-state index contributed by atoms with van der Waals surface area (Å²) in [6, 6.07) is 16.8. The Morgan fingerprint density at radius 1 is 1.07 bits per heavy atom. The topological polar surface area (TPSA) is 64.5 Å². The fourth-order valence-corrected chi connectivity index (χ4v) is 5.03. The summed E-state index contributed by atoms with van der Waals surface area (Å²) in [5, 5.41) is 6.79. The number of nitrogens with zero attached hydrogens (tertiary/aromatic N) is 2. The van der Waals surface area contributed by atoms with Crippen LogP contribution in [0.4, 0.5) is 0 Å². The Morgan fingerprint density at radius 2 is 1.89 bits per heavy atom. The van der Waals surface area contributed by atoms with Gasteiger partial charge in [0.1, 0.15) is 0 Å². The molecule has 146 valence electrons. The van der Waals surface area contributed by atoms with Gasteiger partial charge in [0.2, 0.25) is 0 Å². The summed E-state index contributed by atoms with van der Waals surface area (Å²) in [5.74, 6) is 1.37. The van der Waals surface area contributed by atoms with Crippen LogP contribution in [0, 0.1) is 11.3 Å². The van der Waals surface area contributed by atoms with Crippen LogP contribution >= 0.6 is 0 Å². The SMILES string of the molecule is NCC1CN(Cc2cc(-c3ccc4ccccc4c3)on2)CC12CCOCC2. The largest absolute Gasteiger partial charge is 0.381 e. The second-order valence-electron chi connectivity index (χ2n) is 8.32. The minimum Gasteiger partial charge on any atom is -0.381 e. The summed E-state index contributed by atoms with van der Waals surface area (Å²) in [7, 11) is 0. The molecule has 0 aliphatic carbocycles. The third kappa shape index (κ3) is 3.24. The van der Waals surface area contributed by atoms with E-state index in [-0.39, 0.29) is 0 Å². The van der Waals surface area contributed by atoms with Crippen LogP contribution in [-0.2, 0) is 11.3 Å². The standard InChI is InChI=1S/C23H27N3O2/c24-13-20-14-26(16-23(20)7-9-27-10-8-23)15-21-12-22(28-25-21)19-6-5-17-3-1-2-4-18(17)11-19/h1-6,11-12,20H,7-10,13-16,24H2. The fraction of sp³-hybridized carbons (Fsp3) is 0.435. The van der Waals surface area contributed by atoms with Crippen molar-refractivity contribution in [2.45, 2.75) is 19.4 Å². The fourth-order valence-electron chi connectivity index (χ4n) is 5.03. The predicted molar refractivity (Wildman–Crippen MR) is 110 cm³/mol. The van der Waals surface area contributed by atoms with Gasteiger partial charge >= 0.3 is 0 Å². The number of nitrogens with two attached hydrogens (primary N) is 1. The van der Waals surface area contributed by atoms with Crippen molar-refractivity contribution in [3.05, 3.63) is 54.2 Å². The minimum absolute atomic E-state index is 0.317.